The van der Waals surface area contributed by atoms with E-state index in [2.05, 4.69) is 17.2 Å². The van der Waals surface area contributed by atoms with Gasteiger partial charge in [0, 0.05) is 19.9 Å². The number of aromatic nitrogens is 1. The number of hydrogen-bond donors (Lipinski definition) is 1. The van der Waals surface area contributed by atoms with Crippen LogP contribution in [-0.4, -0.2) is 30.8 Å². The van der Waals surface area contributed by atoms with Crippen molar-refractivity contribution in [2.24, 2.45) is 0 Å². The molecule has 4 heteroatoms. The number of anilines is 1. The second kappa shape index (κ2) is 6.45. The van der Waals surface area contributed by atoms with Crippen LogP contribution in [0.25, 0.3) is 0 Å². The lowest BCUT2D eigenvalue weighted by Crippen LogP contribution is -2.32. The average molecular weight is 238 g/mol. The molecule has 0 unspecified atom stereocenters. The van der Waals surface area contributed by atoms with Gasteiger partial charge in [-0.05, 0) is 32.4 Å². The second-order valence-corrected chi connectivity index (χ2v) is 4.52. The van der Waals surface area contributed by atoms with Gasteiger partial charge in [0.2, 0.25) is 0 Å². The number of methoxy groups -OCH3 is 1. The Morgan fingerprint density at radius 3 is 2.82 bits per heavy atom. The van der Waals surface area contributed by atoms with Crippen molar-refractivity contribution >= 4 is 5.82 Å². The van der Waals surface area contributed by atoms with E-state index in [-0.39, 0.29) is 5.60 Å². The van der Waals surface area contributed by atoms with Crippen molar-refractivity contribution in [3.8, 4) is 5.75 Å². The van der Waals surface area contributed by atoms with Crippen molar-refractivity contribution in [2.45, 2.75) is 32.8 Å². The maximum Gasteiger partial charge on any atom is 0.168 e. The molecule has 17 heavy (non-hydrogen) atoms. The van der Waals surface area contributed by atoms with Gasteiger partial charge in [-0.3, -0.25) is 0 Å². The van der Waals surface area contributed by atoms with Crippen LogP contribution in [0.4, 0.5) is 5.82 Å². The summed E-state index contributed by atoms with van der Waals surface area (Å²) in [6.45, 7) is 7.51. The third-order valence-corrected chi connectivity index (χ3v) is 2.47. The summed E-state index contributed by atoms with van der Waals surface area (Å²) in [7, 11) is 1.70. The Labute approximate surface area is 103 Å². The standard InChI is InChI=1S/C13H22N2O2/c1-5-9-17-11-7-6-8-14-12(11)15-10-13(2,3)16-4/h6-8H,5,9-10H2,1-4H3,(H,14,15). The van der Waals surface area contributed by atoms with Crippen molar-refractivity contribution in [2.75, 3.05) is 25.6 Å². The Kier molecular flexibility index (Phi) is 5.22. The molecule has 1 rings (SSSR count). The molecule has 1 aromatic rings. The summed E-state index contributed by atoms with van der Waals surface area (Å²) in [6, 6.07) is 3.79. The first-order chi connectivity index (χ1) is 8.09. The molecule has 0 spiro atoms. The Balaban J connectivity index is 2.63. The average Bonchev–Trinajstić information content (AvgIpc) is 2.35. The van der Waals surface area contributed by atoms with Crippen molar-refractivity contribution in [3.05, 3.63) is 18.3 Å². The fourth-order valence-electron chi connectivity index (χ4n) is 1.22. The maximum atomic E-state index is 5.62. The van der Waals surface area contributed by atoms with E-state index < -0.39 is 0 Å². The quantitative estimate of drug-likeness (QED) is 0.793. The summed E-state index contributed by atoms with van der Waals surface area (Å²) in [5.74, 6) is 1.56. The fraction of sp³-hybridized carbons (Fsp3) is 0.615. The van der Waals surface area contributed by atoms with Crippen LogP contribution in [0.5, 0.6) is 5.75 Å². The van der Waals surface area contributed by atoms with Crippen LogP contribution in [0, 0.1) is 0 Å². The second-order valence-electron chi connectivity index (χ2n) is 4.52. The lowest BCUT2D eigenvalue weighted by molar-refractivity contribution is 0.0343. The van der Waals surface area contributed by atoms with Crippen LogP contribution in [0.15, 0.2) is 18.3 Å². The topological polar surface area (TPSA) is 43.4 Å². The summed E-state index contributed by atoms with van der Waals surface area (Å²) in [6.07, 6.45) is 2.73. The van der Waals surface area contributed by atoms with E-state index in [4.69, 9.17) is 9.47 Å². The minimum absolute atomic E-state index is 0.223. The Morgan fingerprint density at radius 2 is 2.18 bits per heavy atom. The molecule has 0 fully saturated rings. The van der Waals surface area contributed by atoms with Gasteiger partial charge in [0.05, 0.1) is 12.2 Å². The summed E-state index contributed by atoms with van der Waals surface area (Å²) in [4.78, 5) is 4.28. The molecule has 1 heterocycles. The molecule has 96 valence electrons. The molecule has 0 aliphatic carbocycles. The molecule has 1 aromatic heterocycles. The molecule has 0 radical (unpaired) electrons. The Bertz CT molecular complexity index is 340. The minimum atomic E-state index is -0.223. The number of nitrogens with one attached hydrogen (secondary N) is 1. The van der Waals surface area contributed by atoms with Crippen LogP contribution >= 0.6 is 0 Å². The SMILES string of the molecule is CCCOc1cccnc1NCC(C)(C)OC. The highest BCUT2D eigenvalue weighted by Crippen LogP contribution is 2.22. The van der Waals surface area contributed by atoms with Gasteiger partial charge in [-0.2, -0.15) is 0 Å². The van der Waals surface area contributed by atoms with Gasteiger partial charge in [0.1, 0.15) is 0 Å². The van der Waals surface area contributed by atoms with Gasteiger partial charge in [0.15, 0.2) is 11.6 Å². The molecule has 0 amide bonds. The molecule has 0 aliphatic heterocycles. The summed E-state index contributed by atoms with van der Waals surface area (Å²) < 4.78 is 11.0. The highest BCUT2D eigenvalue weighted by atomic mass is 16.5. The van der Waals surface area contributed by atoms with Crippen molar-refractivity contribution in [3.63, 3.8) is 0 Å². The Morgan fingerprint density at radius 1 is 1.41 bits per heavy atom. The van der Waals surface area contributed by atoms with Gasteiger partial charge in [-0.15, -0.1) is 0 Å². The molecule has 0 aromatic carbocycles. The van der Waals surface area contributed by atoms with Crippen molar-refractivity contribution in [1.29, 1.82) is 0 Å². The van der Waals surface area contributed by atoms with Gasteiger partial charge in [-0.25, -0.2) is 4.98 Å². The zero-order valence-electron chi connectivity index (χ0n) is 11.1. The first kappa shape index (κ1) is 13.8. The summed E-state index contributed by atoms with van der Waals surface area (Å²) in [5.41, 5.74) is -0.223. The number of nitrogens with zero attached hydrogens (tertiary/aromatic N) is 1. The maximum absolute atomic E-state index is 5.62. The predicted octanol–water partition coefficient (Wildman–Crippen LogP) is 2.71. The predicted molar refractivity (Wildman–Crippen MR) is 69.6 cm³/mol. The number of pyridine rings is 1. The smallest absolute Gasteiger partial charge is 0.168 e. The van der Waals surface area contributed by atoms with Crippen LogP contribution in [0.2, 0.25) is 0 Å². The number of rotatable bonds is 7. The molecular weight excluding hydrogens is 216 g/mol. The van der Waals surface area contributed by atoms with Gasteiger partial charge in [0.25, 0.3) is 0 Å². The molecule has 0 saturated carbocycles. The van der Waals surface area contributed by atoms with Gasteiger partial charge < -0.3 is 14.8 Å². The fourth-order valence-corrected chi connectivity index (χ4v) is 1.22. The van der Waals surface area contributed by atoms with E-state index in [0.717, 1.165) is 18.0 Å². The molecular formula is C13H22N2O2. The van der Waals surface area contributed by atoms with Crippen molar-refractivity contribution < 1.29 is 9.47 Å². The third kappa shape index (κ3) is 4.61. The highest BCUT2D eigenvalue weighted by molar-refractivity contribution is 5.49. The van der Waals surface area contributed by atoms with Crippen molar-refractivity contribution in [1.82, 2.24) is 4.98 Å². The number of hydrogen-bond acceptors (Lipinski definition) is 4. The van der Waals surface area contributed by atoms with E-state index >= 15 is 0 Å². The summed E-state index contributed by atoms with van der Waals surface area (Å²) in [5, 5.41) is 3.25. The van der Waals surface area contributed by atoms with Gasteiger partial charge in [-0.1, -0.05) is 6.92 Å². The van der Waals surface area contributed by atoms with Crippen LogP contribution in [0.1, 0.15) is 27.2 Å². The molecule has 1 N–H and O–H groups in total. The van der Waals surface area contributed by atoms with Crippen LogP contribution in [-0.2, 0) is 4.74 Å². The lowest BCUT2D eigenvalue weighted by atomic mass is 10.1. The van der Waals surface area contributed by atoms with E-state index in [1.807, 2.05) is 26.0 Å². The largest absolute Gasteiger partial charge is 0.490 e. The highest BCUT2D eigenvalue weighted by Gasteiger charge is 2.17. The number of ether oxygens (including phenoxy) is 2. The van der Waals surface area contributed by atoms with Gasteiger partial charge >= 0.3 is 0 Å². The third-order valence-electron chi connectivity index (χ3n) is 2.47. The molecule has 0 saturated heterocycles. The van der Waals surface area contributed by atoms with Crippen LogP contribution in [0.3, 0.4) is 0 Å². The normalized spacial score (nSPS) is 11.3. The molecule has 0 atom stereocenters. The summed E-state index contributed by atoms with van der Waals surface area (Å²) >= 11 is 0. The van der Waals surface area contributed by atoms with Crippen LogP contribution < -0.4 is 10.1 Å². The zero-order valence-corrected chi connectivity index (χ0v) is 11.1. The monoisotopic (exact) mass is 238 g/mol. The van der Waals surface area contributed by atoms with E-state index in [9.17, 15) is 0 Å². The molecule has 0 bridgehead atoms. The van der Waals surface area contributed by atoms with E-state index in [1.54, 1.807) is 13.3 Å². The first-order valence-electron chi connectivity index (χ1n) is 5.96. The first-order valence-corrected chi connectivity index (χ1v) is 5.96. The van der Waals surface area contributed by atoms with E-state index in [1.165, 1.54) is 0 Å². The zero-order chi connectivity index (χ0) is 12.7. The Hall–Kier alpha value is -1.29. The molecule has 0 aliphatic rings. The molecule has 4 nitrogen and oxygen atoms in total. The lowest BCUT2D eigenvalue weighted by Gasteiger charge is -2.24. The minimum Gasteiger partial charge on any atom is -0.490 e. The van der Waals surface area contributed by atoms with E-state index in [0.29, 0.717) is 13.2 Å².